The van der Waals surface area contributed by atoms with E-state index < -0.39 is 11.4 Å². The van der Waals surface area contributed by atoms with Crippen LogP contribution in [0.1, 0.15) is 32.5 Å². The minimum absolute atomic E-state index is 0.0666. The fourth-order valence-electron chi connectivity index (χ4n) is 1.23. The average Bonchev–Trinajstić information content (AvgIpc) is 2.74. The molecule has 0 radical (unpaired) electrons. The maximum atomic E-state index is 11.5. The van der Waals surface area contributed by atoms with Crippen LogP contribution in [-0.4, -0.2) is 25.0 Å². The summed E-state index contributed by atoms with van der Waals surface area (Å²) in [5, 5.41) is 9.95. The molecule has 2 aromatic rings. The van der Waals surface area contributed by atoms with Gasteiger partial charge in [-0.3, -0.25) is 4.98 Å². The lowest BCUT2D eigenvalue weighted by molar-refractivity contribution is 0.374. The van der Waals surface area contributed by atoms with Crippen molar-refractivity contribution in [3.05, 3.63) is 32.8 Å². The number of hydrogen-bond donors (Lipinski definition) is 2. The van der Waals surface area contributed by atoms with E-state index in [1.54, 1.807) is 0 Å². The number of nitrogens with one attached hydrogen (secondary N) is 2. The highest BCUT2D eigenvalue weighted by Gasteiger charge is 2.22. The summed E-state index contributed by atoms with van der Waals surface area (Å²) in [4.78, 5) is 24.8. The van der Waals surface area contributed by atoms with Crippen molar-refractivity contribution in [3.63, 3.8) is 0 Å². The second-order valence-corrected chi connectivity index (χ2v) is 4.71. The first-order valence-electron chi connectivity index (χ1n) is 5.08. The zero-order valence-corrected chi connectivity index (χ0v) is 9.77. The molecule has 8 heteroatoms. The van der Waals surface area contributed by atoms with E-state index in [4.69, 9.17) is 4.42 Å². The number of H-pyrrole nitrogens is 2. The molecule has 0 saturated carbocycles. The smallest absolute Gasteiger partial charge is 0.392 e. The Bertz CT molecular complexity index is 624. The zero-order chi connectivity index (χ0) is 12.6. The van der Waals surface area contributed by atoms with Gasteiger partial charge in [0, 0.05) is 5.41 Å². The summed E-state index contributed by atoms with van der Waals surface area (Å²) in [5.41, 5.74) is -0.767. The third kappa shape index (κ3) is 2.35. The fraction of sp³-hybridized carbons (Fsp3) is 0.556. The van der Waals surface area contributed by atoms with Crippen LogP contribution in [0, 0.1) is 0 Å². The molecule has 2 rings (SSSR count). The van der Waals surface area contributed by atoms with Crippen molar-refractivity contribution in [2.75, 3.05) is 0 Å². The molecule has 0 unspecified atom stereocenters. The number of aromatic amines is 2. The lowest BCUT2D eigenvalue weighted by atomic mass is 9.97. The van der Waals surface area contributed by atoms with E-state index >= 15 is 0 Å². The van der Waals surface area contributed by atoms with Crippen molar-refractivity contribution in [1.29, 1.82) is 0 Å². The first kappa shape index (κ1) is 11.4. The van der Waals surface area contributed by atoms with Crippen molar-refractivity contribution >= 4 is 0 Å². The van der Waals surface area contributed by atoms with Gasteiger partial charge in [0.05, 0.1) is 0 Å². The minimum atomic E-state index is -0.571. The molecule has 0 saturated heterocycles. The van der Waals surface area contributed by atoms with Crippen LogP contribution in [0.15, 0.2) is 14.0 Å². The molecule has 0 aliphatic carbocycles. The van der Waals surface area contributed by atoms with Gasteiger partial charge in [0.25, 0.3) is 0 Å². The molecule has 2 N–H and O–H groups in total. The molecule has 0 aromatic carbocycles. The third-order valence-electron chi connectivity index (χ3n) is 2.10. The summed E-state index contributed by atoms with van der Waals surface area (Å²) in [5.74, 6) is 0.102. The molecule has 2 heterocycles. The number of hydrogen-bond acceptors (Lipinski definition) is 5. The molecule has 0 atom stereocenters. The summed E-state index contributed by atoms with van der Waals surface area (Å²) < 4.78 is 6.14. The highest BCUT2D eigenvalue weighted by Crippen LogP contribution is 2.17. The van der Waals surface area contributed by atoms with Crippen LogP contribution >= 0.6 is 0 Å². The van der Waals surface area contributed by atoms with Gasteiger partial charge in [-0.05, 0) is 0 Å². The quantitative estimate of drug-likeness (QED) is 0.740. The van der Waals surface area contributed by atoms with Crippen molar-refractivity contribution in [1.82, 2.24) is 25.0 Å². The third-order valence-corrected chi connectivity index (χ3v) is 2.10. The normalized spacial score (nSPS) is 11.9. The number of nitrogens with zero attached hydrogens (tertiary/aromatic N) is 3. The van der Waals surface area contributed by atoms with E-state index in [1.807, 2.05) is 20.8 Å². The van der Waals surface area contributed by atoms with Gasteiger partial charge >= 0.3 is 11.4 Å². The van der Waals surface area contributed by atoms with Crippen LogP contribution in [0.4, 0.5) is 0 Å². The molecule has 0 bridgehead atoms. The molecule has 92 valence electrons. The Labute approximate surface area is 95.7 Å². The van der Waals surface area contributed by atoms with Crippen LogP contribution in [0.25, 0.3) is 0 Å². The summed E-state index contributed by atoms with van der Waals surface area (Å²) >= 11 is 0. The molecule has 0 fully saturated rings. The molecular weight excluding hydrogens is 226 g/mol. The van der Waals surface area contributed by atoms with Crippen molar-refractivity contribution in [3.8, 4) is 0 Å². The maximum absolute atomic E-state index is 11.5. The van der Waals surface area contributed by atoms with Crippen LogP contribution in [-0.2, 0) is 12.0 Å². The Morgan fingerprint density at radius 2 is 2.06 bits per heavy atom. The summed E-state index contributed by atoms with van der Waals surface area (Å²) in [6, 6.07) is 0. The van der Waals surface area contributed by atoms with E-state index in [-0.39, 0.29) is 12.0 Å². The van der Waals surface area contributed by atoms with Gasteiger partial charge in [-0.25, -0.2) is 14.7 Å². The van der Waals surface area contributed by atoms with E-state index in [1.165, 1.54) is 0 Å². The number of aromatic nitrogens is 5. The first-order chi connectivity index (χ1) is 7.86. The lowest BCUT2D eigenvalue weighted by Crippen LogP contribution is -2.18. The van der Waals surface area contributed by atoms with E-state index in [0.717, 1.165) is 4.68 Å². The van der Waals surface area contributed by atoms with Crippen LogP contribution < -0.4 is 11.4 Å². The molecular formula is C9H13N5O3. The monoisotopic (exact) mass is 239 g/mol. The highest BCUT2D eigenvalue weighted by molar-refractivity contribution is 4.94. The van der Waals surface area contributed by atoms with Gasteiger partial charge in [-0.15, -0.1) is 5.10 Å². The highest BCUT2D eigenvalue weighted by atomic mass is 16.4. The number of rotatable bonds is 2. The van der Waals surface area contributed by atoms with Gasteiger partial charge in [-0.2, -0.15) is 9.78 Å². The van der Waals surface area contributed by atoms with E-state index in [9.17, 15) is 9.59 Å². The summed E-state index contributed by atoms with van der Waals surface area (Å²) in [7, 11) is 0. The van der Waals surface area contributed by atoms with Gasteiger partial charge in [-0.1, -0.05) is 20.8 Å². The Balaban J connectivity index is 2.31. The average molecular weight is 239 g/mol. The second-order valence-electron chi connectivity index (χ2n) is 4.71. The largest absolute Gasteiger partial charge is 0.437 e. The SMILES string of the molecule is CC(C)(C)c1nn(Cc2n[nH]c(=O)[nH]2)c(=O)o1. The van der Waals surface area contributed by atoms with Crippen LogP contribution in [0.3, 0.4) is 0 Å². The topological polar surface area (TPSA) is 110 Å². The predicted octanol–water partition coefficient (Wildman–Crippen LogP) is -0.406. The maximum Gasteiger partial charge on any atom is 0.437 e. The van der Waals surface area contributed by atoms with Gasteiger partial charge in [0.15, 0.2) is 5.82 Å². The Hall–Kier alpha value is -2.12. The molecule has 0 spiro atoms. The van der Waals surface area contributed by atoms with E-state index in [2.05, 4.69) is 20.3 Å². The van der Waals surface area contributed by atoms with Crippen molar-refractivity contribution < 1.29 is 4.42 Å². The molecule has 2 aromatic heterocycles. The first-order valence-corrected chi connectivity index (χ1v) is 5.08. The Morgan fingerprint density at radius 1 is 1.35 bits per heavy atom. The van der Waals surface area contributed by atoms with Crippen molar-refractivity contribution in [2.45, 2.75) is 32.7 Å². The predicted molar refractivity (Wildman–Crippen MR) is 57.8 cm³/mol. The van der Waals surface area contributed by atoms with Gasteiger partial charge < -0.3 is 4.42 Å². The van der Waals surface area contributed by atoms with Crippen molar-refractivity contribution in [2.24, 2.45) is 0 Å². The minimum Gasteiger partial charge on any atom is -0.392 e. The van der Waals surface area contributed by atoms with E-state index in [0.29, 0.717) is 11.7 Å². The standard InChI is InChI=1S/C9H13N5O3/c1-9(2,3)6-13-14(8(16)17-6)4-5-10-7(15)12-11-5/h4H2,1-3H3,(H2,10,11,12,15). The molecule has 0 aliphatic rings. The molecule has 17 heavy (non-hydrogen) atoms. The lowest BCUT2D eigenvalue weighted by Gasteiger charge is -2.10. The Morgan fingerprint density at radius 3 is 2.53 bits per heavy atom. The van der Waals surface area contributed by atoms with Gasteiger partial charge in [0.1, 0.15) is 6.54 Å². The van der Waals surface area contributed by atoms with Crippen LogP contribution in [0.5, 0.6) is 0 Å². The molecule has 0 aliphatic heterocycles. The van der Waals surface area contributed by atoms with Gasteiger partial charge in [0.2, 0.25) is 5.89 Å². The second kappa shape index (κ2) is 3.72. The fourth-order valence-corrected chi connectivity index (χ4v) is 1.23. The summed E-state index contributed by atoms with van der Waals surface area (Å²) in [6.07, 6.45) is 0. The molecule has 8 nitrogen and oxygen atoms in total. The molecule has 0 amide bonds. The summed E-state index contributed by atoms with van der Waals surface area (Å²) in [6.45, 7) is 5.73. The Kier molecular flexibility index (Phi) is 2.49. The zero-order valence-electron chi connectivity index (χ0n) is 9.77. The van der Waals surface area contributed by atoms with Crippen LogP contribution in [0.2, 0.25) is 0 Å².